The molecule has 1 atom stereocenters. The Hall–Kier alpha value is -2.63. The van der Waals surface area contributed by atoms with Gasteiger partial charge in [-0.2, -0.15) is 0 Å². The molecule has 6 nitrogen and oxygen atoms in total. The van der Waals surface area contributed by atoms with E-state index in [1.54, 1.807) is 0 Å². The second kappa shape index (κ2) is 54.0. The van der Waals surface area contributed by atoms with Crippen LogP contribution in [0.3, 0.4) is 0 Å². The van der Waals surface area contributed by atoms with Gasteiger partial charge in [-0.3, -0.25) is 14.4 Å². The zero-order valence-corrected chi connectivity index (χ0v) is 43.3. The Bertz CT molecular complexity index is 1140. The second-order valence-corrected chi connectivity index (χ2v) is 18.8. The molecule has 0 aromatic carbocycles. The van der Waals surface area contributed by atoms with E-state index >= 15 is 0 Å². The number of carbonyl (C=O) groups excluding carboxylic acids is 3. The normalized spacial score (nSPS) is 12.4. The van der Waals surface area contributed by atoms with Gasteiger partial charge in [0.25, 0.3) is 0 Å². The zero-order valence-electron chi connectivity index (χ0n) is 43.3. The van der Waals surface area contributed by atoms with Gasteiger partial charge in [0, 0.05) is 19.3 Å². The van der Waals surface area contributed by atoms with Crippen molar-refractivity contribution in [3.63, 3.8) is 0 Å². The number of hydrogen-bond acceptors (Lipinski definition) is 6. The van der Waals surface area contributed by atoms with Gasteiger partial charge in [-0.25, -0.2) is 0 Å². The predicted molar refractivity (Wildman–Crippen MR) is 279 cm³/mol. The predicted octanol–water partition coefficient (Wildman–Crippen LogP) is 18.7. The summed E-state index contributed by atoms with van der Waals surface area (Å²) in [6.07, 6.45) is 65.2. The van der Waals surface area contributed by atoms with E-state index in [1.165, 1.54) is 167 Å². The van der Waals surface area contributed by atoms with Crippen molar-refractivity contribution in [1.29, 1.82) is 0 Å². The van der Waals surface area contributed by atoms with E-state index in [9.17, 15) is 14.4 Å². The highest BCUT2D eigenvalue weighted by Crippen LogP contribution is 2.15. The Morgan fingerprint density at radius 1 is 0.308 bits per heavy atom. The number of allylic oxidation sites excluding steroid dienone is 8. The van der Waals surface area contributed by atoms with Crippen molar-refractivity contribution < 1.29 is 28.6 Å². The third-order valence-electron chi connectivity index (χ3n) is 12.3. The Kier molecular flexibility index (Phi) is 51.8. The van der Waals surface area contributed by atoms with E-state index in [0.29, 0.717) is 19.3 Å². The van der Waals surface area contributed by atoms with Gasteiger partial charge in [-0.1, -0.05) is 217 Å². The molecule has 0 unspecified atom stereocenters. The highest BCUT2D eigenvalue weighted by atomic mass is 16.6. The molecule has 0 rings (SSSR count). The zero-order chi connectivity index (χ0) is 47.2. The van der Waals surface area contributed by atoms with Crippen LogP contribution in [-0.2, 0) is 28.6 Å². The van der Waals surface area contributed by atoms with Crippen LogP contribution in [0, 0.1) is 0 Å². The van der Waals surface area contributed by atoms with Crippen LogP contribution in [0.1, 0.15) is 290 Å². The summed E-state index contributed by atoms with van der Waals surface area (Å²) in [5.41, 5.74) is 0. The van der Waals surface area contributed by atoms with Crippen molar-refractivity contribution in [3.05, 3.63) is 48.6 Å². The molecular formula is C59H106O6. The maximum absolute atomic E-state index is 12.8. The lowest BCUT2D eigenvalue weighted by molar-refractivity contribution is -0.167. The van der Waals surface area contributed by atoms with Crippen molar-refractivity contribution in [2.75, 3.05) is 13.2 Å². The molecular weight excluding hydrogens is 805 g/mol. The van der Waals surface area contributed by atoms with Gasteiger partial charge in [-0.05, 0) is 103 Å². The molecule has 0 aromatic rings. The highest BCUT2D eigenvalue weighted by molar-refractivity contribution is 5.71. The quantitative estimate of drug-likeness (QED) is 0.0262. The van der Waals surface area contributed by atoms with Gasteiger partial charge in [0.2, 0.25) is 0 Å². The summed E-state index contributed by atoms with van der Waals surface area (Å²) in [6, 6.07) is 0. The Balaban J connectivity index is 4.36. The molecule has 0 heterocycles. The summed E-state index contributed by atoms with van der Waals surface area (Å²) < 4.78 is 16.8. The topological polar surface area (TPSA) is 78.9 Å². The lowest BCUT2D eigenvalue weighted by atomic mass is 10.1. The third kappa shape index (κ3) is 52.2. The van der Waals surface area contributed by atoms with E-state index in [-0.39, 0.29) is 31.1 Å². The van der Waals surface area contributed by atoms with Crippen molar-refractivity contribution in [1.82, 2.24) is 0 Å². The monoisotopic (exact) mass is 911 g/mol. The summed E-state index contributed by atoms with van der Waals surface area (Å²) in [6.45, 7) is 6.60. The summed E-state index contributed by atoms with van der Waals surface area (Å²) in [5.74, 6) is -0.891. The molecule has 65 heavy (non-hydrogen) atoms. The van der Waals surface area contributed by atoms with Crippen molar-refractivity contribution in [2.24, 2.45) is 0 Å². The molecule has 0 aromatic heterocycles. The summed E-state index contributed by atoms with van der Waals surface area (Å²) >= 11 is 0. The van der Waals surface area contributed by atoms with E-state index < -0.39 is 6.10 Å². The first-order valence-corrected chi connectivity index (χ1v) is 28.1. The number of rotatable bonds is 51. The third-order valence-corrected chi connectivity index (χ3v) is 12.3. The largest absolute Gasteiger partial charge is 0.462 e. The van der Waals surface area contributed by atoms with Gasteiger partial charge in [0.05, 0.1) is 0 Å². The lowest BCUT2D eigenvalue weighted by Gasteiger charge is -2.18. The minimum atomic E-state index is -0.781. The van der Waals surface area contributed by atoms with Gasteiger partial charge >= 0.3 is 17.9 Å². The first-order chi connectivity index (χ1) is 32.0. The van der Waals surface area contributed by atoms with Crippen molar-refractivity contribution >= 4 is 17.9 Å². The summed E-state index contributed by atoms with van der Waals surface area (Å²) in [7, 11) is 0. The molecule has 0 fully saturated rings. The van der Waals surface area contributed by atoms with Gasteiger partial charge in [0.1, 0.15) is 13.2 Å². The van der Waals surface area contributed by atoms with Gasteiger partial charge in [0.15, 0.2) is 6.10 Å². The first kappa shape index (κ1) is 62.4. The van der Waals surface area contributed by atoms with Gasteiger partial charge < -0.3 is 14.2 Å². The lowest BCUT2D eigenvalue weighted by Crippen LogP contribution is -2.30. The standard InChI is InChI=1S/C59H106O6/c1-4-7-10-13-16-19-22-25-27-28-29-30-32-34-37-40-43-46-49-52-58(61)64-55-56(54-63-57(60)51-48-45-42-39-36-33-24-21-18-15-12-9-6-3)65-59(62)53-50-47-44-41-38-35-31-26-23-20-17-14-11-8-5-2/h16,19,21,24-27,31,56H,4-15,17-18,20,22-23,28-30,32-55H2,1-3H3/b19-16-,24-21-,27-25-,31-26-/t56-/m0/s1. The molecule has 0 saturated heterocycles. The fourth-order valence-electron chi connectivity index (χ4n) is 7.99. The molecule has 0 aliphatic rings. The number of ether oxygens (including phenoxy) is 3. The van der Waals surface area contributed by atoms with Crippen LogP contribution in [0.4, 0.5) is 0 Å². The Morgan fingerprint density at radius 3 is 0.908 bits per heavy atom. The molecule has 0 bridgehead atoms. The fraction of sp³-hybridized carbons (Fsp3) is 0.814. The molecule has 0 saturated carbocycles. The Morgan fingerprint density at radius 2 is 0.554 bits per heavy atom. The second-order valence-electron chi connectivity index (χ2n) is 18.8. The molecule has 0 spiro atoms. The first-order valence-electron chi connectivity index (χ1n) is 28.1. The van der Waals surface area contributed by atoms with E-state index in [2.05, 4.69) is 69.4 Å². The number of esters is 3. The van der Waals surface area contributed by atoms with Crippen LogP contribution in [0.25, 0.3) is 0 Å². The van der Waals surface area contributed by atoms with Crippen molar-refractivity contribution in [3.8, 4) is 0 Å². The minimum Gasteiger partial charge on any atom is -0.462 e. The molecule has 0 radical (unpaired) electrons. The van der Waals surface area contributed by atoms with Gasteiger partial charge in [-0.15, -0.1) is 0 Å². The summed E-state index contributed by atoms with van der Waals surface area (Å²) in [5, 5.41) is 0. The smallest absolute Gasteiger partial charge is 0.306 e. The highest BCUT2D eigenvalue weighted by Gasteiger charge is 2.19. The minimum absolute atomic E-state index is 0.0800. The number of carbonyl (C=O) groups is 3. The van der Waals surface area contributed by atoms with Crippen LogP contribution >= 0.6 is 0 Å². The molecule has 6 heteroatoms. The SMILES string of the molecule is CCCCC/C=C\C/C=C\CCCCCCCCCCCC(=O)OC[C@H](COC(=O)CCCCCCC/C=C\CCCCCC)OC(=O)CCCCCCC/C=C\CCCCCCCC. The van der Waals surface area contributed by atoms with Crippen LogP contribution in [0.15, 0.2) is 48.6 Å². The molecule has 0 aliphatic carbocycles. The number of unbranched alkanes of at least 4 members (excludes halogenated alkanes) is 32. The van der Waals surface area contributed by atoms with Crippen LogP contribution in [0.2, 0.25) is 0 Å². The fourth-order valence-corrected chi connectivity index (χ4v) is 7.99. The molecule has 0 amide bonds. The average molecular weight is 911 g/mol. The average Bonchev–Trinajstić information content (AvgIpc) is 3.30. The van der Waals surface area contributed by atoms with Crippen molar-refractivity contribution in [2.45, 2.75) is 297 Å². The van der Waals surface area contributed by atoms with Crippen LogP contribution in [0.5, 0.6) is 0 Å². The molecule has 378 valence electrons. The maximum atomic E-state index is 12.8. The number of hydrogen-bond donors (Lipinski definition) is 0. The maximum Gasteiger partial charge on any atom is 0.306 e. The van der Waals surface area contributed by atoms with E-state index in [1.807, 2.05) is 0 Å². The van der Waals surface area contributed by atoms with E-state index in [4.69, 9.17) is 14.2 Å². The summed E-state index contributed by atoms with van der Waals surface area (Å²) in [4.78, 5) is 38.1. The van der Waals surface area contributed by atoms with E-state index in [0.717, 1.165) is 83.5 Å². The molecule has 0 aliphatic heterocycles. The Labute approximate surface area is 403 Å². The van der Waals surface area contributed by atoms with Crippen LogP contribution in [-0.4, -0.2) is 37.2 Å². The van der Waals surface area contributed by atoms with Crippen LogP contribution < -0.4 is 0 Å². The molecule has 0 N–H and O–H groups in total.